The van der Waals surface area contributed by atoms with Gasteiger partial charge in [-0.1, -0.05) is 18.2 Å². The fourth-order valence-corrected chi connectivity index (χ4v) is 1.43. The zero-order valence-electron chi connectivity index (χ0n) is 6.90. The van der Waals surface area contributed by atoms with Crippen molar-refractivity contribution in [2.24, 2.45) is 11.0 Å². The first kappa shape index (κ1) is 7.28. The molecule has 2 aliphatic rings. The molecule has 0 spiro atoms. The van der Waals surface area contributed by atoms with Crippen molar-refractivity contribution in [1.82, 2.24) is 5.01 Å². The summed E-state index contributed by atoms with van der Waals surface area (Å²) >= 11 is 0. The standard InChI is InChI=1S/C9H10N2O/c1-11-9(12)8-5-3-2-4-7(8)6-10-11/h3-6,8H,2H2,1H3. The molecule has 0 radical (unpaired) electrons. The van der Waals surface area contributed by atoms with Gasteiger partial charge in [-0.2, -0.15) is 5.10 Å². The number of rotatable bonds is 0. The van der Waals surface area contributed by atoms with E-state index >= 15 is 0 Å². The Kier molecular flexibility index (Phi) is 1.57. The van der Waals surface area contributed by atoms with E-state index < -0.39 is 0 Å². The molecular formula is C9H10N2O. The number of carbonyl (C=O) groups excluding carboxylic acids is 1. The highest BCUT2D eigenvalue weighted by Crippen LogP contribution is 2.22. The SMILES string of the molecule is CN1N=CC2=CCC=CC2C1=O. The molecule has 0 aromatic rings. The van der Waals surface area contributed by atoms with Crippen LogP contribution in [0.15, 0.2) is 28.9 Å². The van der Waals surface area contributed by atoms with E-state index in [1.54, 1.807) is 13.3 Å². The van der Waals surface area contributed by atoms with E-state index in [2.05, 4.69) is 5.10 Å². The minimum absolute atomic E-state index is 0.0553. The van der Waals surface area contributed by atoms with Crippen LogP contribution in [0.3, 0.4) is 0 Å². The molecule has 0 N–H and O–H groups in total. The van der Waals surface area contributed by atoms with E-state index in [-0.39, 0.29) is 11.8 Å². The van der Waals surface area contributed by atoms with Crippen molar-refractivity contribution in [3.63, 3.8) is 0 Å². The summed E-state index contributed by atoms with van der Waals surface area (Å²) in [7, 11) is 1.68. The molecule has 3 nitrogen and oxygen atoms in total. The summed E-state index contributed by atoms with van der Waals surface area (Å²) in [6.07, 6.45) is 8.67. The fourth-order valence-electron chi connectivity index (χ4n) is 1.43. The third kappa shape index (κ3) is 0.978. The Hall–Kier alpha value is -1.38. The first-order valence-corrected chi connectivity index (χ1v) is 3.97. The van der Waals surface area contributed by atoms with Crippen molar-refractivity contribution in [1.29, 1.82) is 0 Å². The molecule has 62 valence electrons. The third-order valence-corrected chi connectivity index (χ3v) is 2.14. The van der Waals surface area contributed by atoms with Gasteiger partial charge in [0, 0.05) is 7.05 Å². The predicted molar refractivity (Wildman–Crippen MR) is 46.6 cm³/mol. The molecule has 1 heterocycles. The van der Waals surface area contributed by atoms with Gasteiger partial charge in [0.25, 0.3) is 5.91 Å². The highest BCUT2D eigenvalue weighted by atomic mass is 16.2. The van der Waals surface area contributed by atoms with Crippen molar-refractivity contribution in [3.8, 4) is 0 Å². The fraction of sp³-hybridized carbons (Fsp3) is 0.333. The molecule has 0 saturated heterocycles. The molecule has 0 aromatic heterocycles. The molecule has 1 amide bonds. The monoisotopic (exact) mass is 162 g/mol. The maximum absolute atomic E-state index is 11.5. The first-order valence-electron chi connectivity index (χ1n) is 3.97. The van der Waals surface area contributed by atoms with Crippen LogP contribution in [0.5, 0.6) is 0 Å². The van der Waals surface area contributed by atoms with Gasteiger partial charge in [-0.25, -0.2) is 5.01 Å². The van der Waals surface area contributed by atoms with Crippen LogP contribution in [-0.2, 0) is 4.79 Å². The lowest BCUT2D eigenvalue weighted by atomic mass is 9.92. The summed E-state index contributed by atoms with van der Waals surface area (Å²) in [6.45, 7) is 0. The van der Waals surface area contributed by atoms with Crippen molar-refractivity contribution in [2.75, 3.05) is 7.05 Å². The summed E-state index contributed by atoms with van der Waals surface area (Å²) in [5, 5.41) is 5.34. The molecule has 0 aromatic carbocycles. The largest absolute Gasteiger partial charge is 0.272 e. The Balaban J connectivity index is 2.38. The van der Waals surface area contributed by atoms with Crippen molar-refractivity contribution >= 4 is 12.1 Å². The number of hydrogen-bond acceptors (Lipinski definition) is 2. The number of amides is 1. The number of hydrazone groups is 1. The smallest absolute Gasteiger partial charge is 0.253 e. The minimum atomic E-state index is -0.0822. The van der Waals surface area contributed by atoms with Crippen molar-refractivity contribution in [2.45, 2.75) is 6.42 Å². The Morgan fingerprint density at radius 2 is 2.50 bits per heavy atom. The molecule has 0 bridgehead atoms. The maximum atomic E-state index is 11.5. The van der Waals surface area contributed by atoms with Gasteiger partial charge in [0.2, 0.25) is 0 Å². The van der Waals surface area contributed by atoms with Crippen LogP contribution >= 0.6 is 0 Å². The van der Waals surface area contributed by atoms with Crippen LogP contribution in [-0.4, -0.2) is 24.2 Å². The van der Waals surface area contributed by atoms with Gasteiger partial charge < -0.3 is 0 Å². The average Bonchev–Trinajstić information content (AvgIpc) is 2.12. The molecule has 1 aliphatic carbocycles. The van der Waals surface area contributed by atoms with E-state index in [0.29, 0.717) is 0 Å². The Morgan fingerprint density at radius 3 is 3.33 bits per heavy atom. The van der Waals surface area contributed by atoms with Crippen LogP contribution in [0.25, 0.3) is 0 Å². The topological polar surface area (TPSA) is 32.7 Å². The minimum Gasteiger partial charge on any atom is -0.272 e. The van der Waals surface area contributed by atoms with E-state index in [4.69, 9.17) is 0 Å². The second-order valence-corrected chi connectivity index (χ2v) is 2.95. The molecule has 1 aliphatic heterocycles. The van der Waals surface area contributed by atoms with Gasteiger partial charge in [0.15, 0.2) is 0 Å². The van der Waals surface area contributed by atoms with Crippen LogP contribution in [0.2, 0.25) is 0 Å². The summed E-state index contributed by atoms with van der Waals surface area (Å²) in [6, 6.07) is 0. The molecule has 1 atom stereocenters. The lowest BCUT2D eigenvalue weighted by molar-refractivity contribution is -0.131. The molecule has 2 rings (SSSR count). The quantitative estimate of drug-likeness (QED) is 0.488. The zero-order valence-corrected chi connectivity index (χ0v) is 6.90. The highest BCUT2D eigenvalue weighted by molar-refractivity contribution is 5.96. The summed E-state index contributed by atoms with van der Waals surface area (Å²) in [4.78, 5) is 11.5. The lowest BCUT2D eigenvalue weighted by Gasteiger charge is -2.24. The molecule has 0 saturated carbocycles. The molecule has 12 heavy (non-hydrogen) atoms. The van der Waals surface area contributed by atoms with Crippen molar-refractivity contribution in [3.05, 3.63) is 23.8 Å². The summed E-state index contributed by atoms with van der Waals surface area (Å²) < 4.78 is 0. The zero-order chi connectivity index (χ0) is 8.55. The third-order valence-electron chi connectivity index (χ3n) is 2.14. The normalized spacial score (nSPS) is 27.1. The second-order valence-electron chi connectivity index (χ2n) is 2.95. The van der Waals surface area contributed by atoms with Gasteiger partial charge in [-0.05, 0) is 12.0 Å². The van der Waals surface area contributed by atoms with E-state index in [1.165, 1.54) is 5.01 Å². The Labute approximate surface area is 71.1 Å². The van der Waals surface area contributed by atoms with Gasteiger partial charge >= 0.3 is 0 Å². The molecule has 3 heteroatoms. The van der Waals surface area contributed by atoms with Gasteiger partial charge in [-0.15, -0.1) is 0 Å². The number of allylic oxidation sites excluding steroid dienone is 2. The Morgan fingerprint density at radius 1 is 1.67 bits per heavy atom. The predicted octanol–water partition coefficient (Wildman–Crippen LogP) is 0.947. The maximum Gasteiger partial charge on any atom is 0.253 e. The van der Waals surface area contributed by atoms with E-state index in [9.17, 15) is 4.79 Å². The summed E-state index contributed by atoms with van der Waals surface area (Å²) in [5.74, 6) is -0.0269. The first-order chi connectivity index (χ1) is 5.79. The van der Waals surface area contributed by atoms with Crippen LogP contribution in [0, 0.1) is 5.92 Å². The van der Waals surface area contributed by atoms with Crippen molar-refractivity contribution < 1.29 is 4.79 Å². The molecule has 1 unspecified atom stereocenters. The van der Waals surface area contributed by atoms with Gasteiger partial charge in [0.1, 0.15) is 0 Å². The Bertz CT molecular complexity index is 302. The van der Waals surface area contributed by atoms with Gasteiger partial charge in [-0.3, -0.25) is 4.79 Å². The number of nitrogens with zero attached hydrogens (tertiary/aromatic N) is 2. The second kappa shape index (κ2) is 2.59. The lowest BCUT2D eigenvalue weighted by Crippen LogP contribution is -2.34. The number of carbonyl (C=O) groups is 1. The van der Waals surface area contributed by atoms with Gasteiger partial charge in [0.05, 0.1) is 12.1 Å². The van der Waals surface area contributed by atoms with Crippen LogP contribution in [0.1, 0.15) is 6.42 Å². The number of fused-ring (bicyclic) bond motifs is 1. The molecular weight excluding hydrogens is 152 g/mol. The highest BCUT2D eigenvalue weighted by Gasteiger charge is 2.26. The molecule has 0 fully saturated rings. The number of hydrogen-bond donors (Lipinski definition) is 0. The van der Waals surface area contributed by atoms with E-state index in [0.717, 1.165) is 12.0 Å². The average molecular weight is 162 g/mol. The summed E-state index contributed by atoms with van der Waals surface area (Å²) in [5.41, 5.74) is 1.03. The van der Waals surface area contributed by atoms with Crippen LogP contribution in [0.4, 0.5) is 0 Å². The van der Waals surface area contributed by atoms with Crippen LogP contribution < -0.4 is 0 Å². The van der Waals surface area contributed by atoms with E-state index in [1.807, 2.05) is 18.2 Å².